The third kappa shape index (κ3) is 4.51. The molecule has 9 heteroatoms. The van der Waals surface area contributed by atoms with E-state index in [9.17, 15) is 18.0 Å². The summed E-state index contributed by atoms with van der Waals surface area (Å²) < 4.78 is 43.5. The van der Waals surface area contributed by atoms with Crippen LogP contribution in [-0.4, -0.2) is 29.1 Å². The van der Waals surface area contributed by atoms with Crippen LogP contribution in [0.5, 0.6) is 0 Å². The van der Waals surface area contributed by atoms with E-state index in [1.165, 1.54) is 23.9 Å². The number of carbonyl (C=O) groups excluding carboxylic acids is 1. The number of hydrogen-bond acceptors (Lipinski definition) is 6. The van der Waals surface area contributed by atoms with E-state index in [4.69, 9.17) is 4.74 Å². The molecule has 0 saturated carbocycles. The van der Waals surface area contributed by atoms with Gasteiger partial charge in [-0.15, -0.1) is 0 Å². The molecule has 166 valence electrons. The summed E-state index contributed by atoms with van der Waals surface area (Å²) in [5.74, 6) is 0.117. The van der Waals surface area contributed by atoms with Crippen molar-refractivity contribution in [3.8, 4) is 0 Å². The zero-order valence-corrected chi connectivity index (χ0v) is 17.3. The maximum absolute atomic E-state index is 12.8. The average molecular weight is 442 g/mol. The van der Waals surface area contributed by atoms with Gasteiger partial charge in [-0.2, -0.15) is 18.2 Å². The van der Waals surface area contributed by atoms with Gasteiger partial charge >= 0.3 is 12.1 Å². The summed E-state index contributed by atoms with van der Waals surface area (Å²) >= 11 is 0. The van der Waals surface area contributed by atoms with Crippen molar-refractivity contribution in [3.05, 3.63) is 77.0 Å². The Morgan fingerprint density at radius 1 is 1.16 bits per heavy atom. The first-order chi connectivity index (χ1) is 15.4. The number of ether oxygens (including phenoxy) is 1. The predicted molar refractivity (Wildman–Crippen MR) is 114 cm³/mol. The van der Waals surface area contributed by atoms with E-state index in [-0.39, 0.29) is 24.5 Å². The maximum Gasteiger partial charge on any atom is 0.416 e. The topological polar surface area (TPSA) is 67.3 Å². The first-order valence-corrected chi connectivity index (χ1v) is 10.2. The lowest BCUT2D eigenvalue weighted by molar-refractivity contribution is -0.137. The van der Waals surface area contributed by atoms with Crippen LogP contribution in [0, 0.1) is 0 Å². The van der Waals surface area contributed by atoms with Crippen LogP contribution in [0.25, 0.3) is 0 Å². The third-order valence-electron chi connectivity index (χ3n) is 5.14. The Kier molecular flexibility index (Phi) is 5.98. The number of nitrogens with zero attached hydrogens (tertiary/aromatic N) is 3. The van der Waals surface area contributed by atoms with E-state index < -0.39 is 17.7 Å². The van der Waals surface area contributed by atoms with Crippen molar-refractivity contribution in [2.75, 3.05) is 23.4 Å². The molecule has 2 aromatic carbocycles. The van der Waals surface area contributed by atoms with Gasteiger partial charge in [0.25, 0.3) is 0 Å². The van der Waals surface area contributed by atoms with Crippen LogP contribution < -0.4 is 10.2 Å². The number of rotatable bonds is 6. The van der Waals surface area contributed by atoms with E-state index >= 15 is 0 Å². The fraction of sp³-hybridized carbons (Fsp3) is 0.261. The highest BCUT2D eigenvalue weighted by Gasteiger charge is 2.30. The molecule has 0 spiro atoms. The summed E-state index contributed by atoms with van der Waals surface area (Å²) in [5.41, 5.74) is 2.25. The minimum absolute atomic E-state index is 0.162. The van der Waals surface area contributed by atoms with E-state index in [1.54, 1.807) is 6.92 Å². The number of carbonyl (C=O) groups is 1. The quantitative estimate of drug-likeness (QED) is 0.543. The highest BCUT2D eigenvalue weighted by Crippen LogP contribution is 2.33. The van der Waals surface area contributed by atoms with Gasteiger partial charge in [0, 0.05) is 25.0 Å². The van der Waals surface area contributed by atoms with E-state index in [2.05, 4.69) is 15.3 Å². The number of esters is 1. The Labute approximate surface area is 183 Å². The Balaban J connectivity index is 1.60. The van der Waals surface area contributed by atoms with Gasteiger partial charge in [-0.1, -0.05) is 30.3 Å². The second-order valence-corrected chi connectivity index (χ2v) is 7.23. The molecule has 0 amide bonds. The lowest BCUT2D eigenvalue weighted by Gasteiger charge is -2.19. The van der Waals surface area contributed by atoms with Gasteiger partial charge in [-0.3, -0.25) is 0 Å². The molecule has 1 aliphatic heterocycles. The average Bonchev–Trinajstić information content (AvgIpc) is 3.21. The summed E-state index contributed by atoms with van der Waals surface area (Å²) in [7, 11) is 0. The summed E-state index contributed by atoms with van der Waals surface area (Å²) in [4.78, 5) is 23.3. The van der Waals surface area contributed by atoms with Crippen LogP contribution in [0.3, 0.4) is 0 Å². The highest BCUT2D eigenvalue weighted by atomic mass is 19.4. The first kappa shape index (κ1) is 21.6. The Morgan fingerprint density at radius 3 is 2.62 bits per heavy atom. The molecule has 0 bridgehead atoms. The van der Waals surface area contributed by atoms with Gasteiger partial charge in [-0.05, 0) is 42.7 Å². The number of para-hydroxylation sites is 1. The standard InChI is InChI=1S/C23H21F3N4O2/c1-2-32-21(31)18-14-28-22(30-12-11-16-5-3-4-6-19(16)30)29-20(18)27-13-15-7-9-17(10-8-15)23(24,25)26/h3-10,14H,2,11-13H2,1H3,(H,27,28,29). The number of aromatic nitrogens is 2. The van der Waals surface area contributed by atoms with Crippen LogP contribution in [0.15, 0.2) is 54.7 Å². The molecule has 1 aliphatic rings. The monoisotopic (exact) mass is 442 g/mol. The van der Waals surface area contributed by atoms with Gasteiger partial charge in [0.2, 0.25) is 5.95 Å². The van der Waals surface area contributed by atoms with Crippen molar-refractivity contribution < 1.29 is 22.7 Å². The molecule has 0 unspecified atom stereocenters. The highest BCUT2D eigenvalue weighted by molar-refractivity contribution is 5.94. The van der Waals surface area contributed by atoms with Crippen LogP contribution in [0.4, 0.5) is 30.6 Å². The number of benzene rings is 2. The zero-order chi connectivity index (χ0) is 22.7. The number of hydrogen-bond donors (Lipinski definition) is 1. The van der Waals surface area contributed by atoms with Crippen molar-refractivity contribution in [1.29, 1.82) is 0 Å². The van der Waals surface area contributed by atoms with Gasteiger partial charge in [0.05, 0.1) is 12.2 Å². The lowest BCUT2D eigenvalue weighted by atomic mass is 10.1. The molecule has 4 rings (SSSR count). The SMILES string of the molecule is CCOC(=O)c1cnc(N2CCc3ccccc32)nc1NCc1ccc(C(F)(F)F)cc1. The second-order valence-electron chi connectivity index (χ2n) is 7.23. The van der Waals surface area contributed by atoms with E-state index in [0.29, 0.717) is 18.1 Å². The zero-order valence-electron chi connectivity index (χ0n) is 17.3. The van der Waals surface area contributed by atoms with Crippen LogP contribution in [0.2, 0.25) is 0 Å². The molecule has 0 radical (unpaired) electrons. The van der Waals surface area contributed by atoms with E-state index in [0.717, 1.165) is 24.2 Å². The summed E-state index contributed by atoms with van der Waals surface area (Å²) in [6, 6.07) is 12.8. The van der Waals surface area contributed by atoms with Crippen molar-refractivity contribution in [2.45, 2.75) is 26.1 Å². The summed E-state index contributed by atoms with van der Waals surface area (Å²) in [6.45, 7) is 2.77. The van der Waals surface area contributed by atoms with Gasteiger partial charge in [0.15, 0.2) is 0 Å². The van der Waals surface area contributed by atoms with Crippen molar-refractivity contribution in [2.24, 2.45) is 0 Å². The van der Waals surface area contributed by atoms with Gasteiger partial charge in [0.1, 0.15) is 11.4 Å². The second kappa shape index (κ2) is 8.86. The molecule has 0 atom stereocenters. The smallest absolute Gasteiger partial charge is 0.416 e. The van der Waals surface area contributed by atoms with Crippen LogP contribution in [-0.2, 0) is 23.9 Å². The minimum Gasteiger partial charge on any atom is -0.462 e. The Bertz CT molecular complexity index is 1120. The normalized spacial score (nSPS) is 13.1. The molecule has 1 aromatic heterocycles. The van der Waals surface area contributed by atoms with Crippen LogP contribution in [0.1, 0.15) is 34.0 Å². The molecule has 0 saturated heterocycles. The Hall–Kier alpha value is -3.62. The summed E-state index contributed by atoms with van der Waals surface area (Å²) in [5, 5.41) is 3.06. The molecular formula is C23H21F3N4O2. The fourth-order valence-electron chi connectivity index (χ4n) is 3.54. The van der Waals surface area contributed by atoms with Crippen molar-refractivity contribution >= 4 is 23.4 Å². The van der Waals surface area contributed by atoms with Gasteiger partial charge < -0.3 is 15.0 Å². The first-order valence-electron chi connectivity index (χ1n) is 10.2. The van der Waals surface area contributed by atoms with E-state index in [1.807, 2.05) is 29.2 Å². The fourth-order valence-corrected chi connectivity index (χ4v) is 3.54. The minimum atomic E-state index is -4.39. The third-order valence-corrected chi connectivity index (χ3v) is 5.14. The predicted octanol–water partition coefficient (Wildman–Crippen LogP) is 4.98. The molecular weight excluding hydrogens is 421 g/mol. The number of nitrogens with one attached hydrogen (secondary N) is 1. The molecule has 32 heavy (non-hydrogen) atoms. The number of halogens is 3. The number of alkyl halides is 3. The van der Waals surface area contributed by atoms with Crippen molar-refractivity contribution in [3.63, 3.8) is 0 Å². The lowest BCUT2D eigenvalue weighted by Crippen LogP contribution is -2.19. The van der Waals surface area contributed by atoms with Gasteiger partial charge in [-0.25, -0.2) is 9.78 Å². The molecule has 1 N–H and O–H groups in total. The molecule has 2 heterocycles. The molecule has 3 aromatic rings. The molecule has 0 fully saturated rings. The number of anilines is 3. The summed E-state index contributed by atoms with van der Waals surface area (Å²) in [6.07, 6.45) is -2.12. The molecule has 0 aliphatic carbocycles. The maximum atomic E-state index is 12.8. The number of fused-ring (bicyclic) bond motifs is 1. The molecule has 6 nitrogen and oxygen atoms in total. The van der Waals surface area contributed by atoms with Crippen molar-refractivity contribution in [1.82, 2.24) is 9.97 Å². The largest absolute Gasteiger partial charge is 0.462 e. The van der Waals surface area contributed by atoms with Crippen LogP contribution >= 0.6 is 0 Å². The Morgan fingerprint density at radius 2 is 1.91 bits per heavy atom.